The molecule has 0 aromatic heterocycles. The van der Waals surface area contributed by atoms with Crippen molar-refractivity contribution in [1.29, 1.82) is 0 Å². The molecule has 1 amide bonds. The molecule has 3 aromatic carbocycles. The summed E-state index contributed by atoms with van der Waals surface area (Å²) in [6, 6.07) is 20.3. The lowest BCUT2D eigenvalue weighted by Gasteiger charge is -2.27. The number of carbonyl (C=O) groups excluding carboxylic acids is 2. The summed E-state index contributed by atoms with van der Waals surface area (Å²) in [6.07, 6.45) is 0. The zero-order valence-corrected chi connectivity index (χ0v) is 24.4. The average Bonchev–Trinajstić information content (AvgIpc) is 3.19. The number of aliphatic hydroxyl groups is 1. The molecule has 210 valence electrons. The van der Waals surface area contributed by atoms with Gasteiger partial charge in [0, 0.05) is 30.9 Å². The van der Waals surface area contributed by atoms with Crippen LogP contribution in [-0.4, -0.2) is 41.4 Å². The molecule has 6 heteroatoms. The van der Waals surface area contributed by atoms with Gasteiger partial charge in [0.1, 0.15) is 11.5 Å². The smallest absolute Gasteiger partial charge is 0.295 e. The van der Waals surface area contributed by atoms with Crippen LogP contribution < -0.4 is 9.64 Å². The van der Waals surface area contributed by atoms with E-state index < -0.39 is 17.7 Å². The number of anilines is 1. The SMILES string of the molecule is CCN(CC)c1ccc(C2/C(=C(/O)c3ccc(OCC(C)C)cc3)C(=O)C(=O)N2Cc2cc(C)ccc2C)cc1. The third-order valence-electron chi connectivity index (χ3n) is 7.43. The molecule has 1 aliphatic heterocycles. The number of rotatable bonds is 10. The molecule has 0 aliphatic carbocycles. The van der Waals surface area contributed by atoms with E-state index >= 15 is 0 Å². The van der Waals surface area contributed by atoms with Gasteiger partial charge in [0.25, 0.3) is 11.7 Å². The molecule has 1 atom stereocenters. The minimum atomic E-state index is -0.720. The van der Waals surface area contributed by atoms with Crippen molar-refractivity contribution < 1.29 is 19.4 Å². The van der Waals surface area contributed by atoms with Gasteiger partial charge in [-0.1, -0.05) is 49.7 Å². The van der Waals surface area contributed by atoms with Crippen LogP contribution in [0.4, 0.5) is 5.69 Å². The van der Waals surface area contributed by atoms with Gasteiger partial charge in [0.15, 0.2) is 0 Å². The van der Waals surface area contributed by atoms with Crippen molar-refractivity contribution in [1.82, 2.24) is 4.90 Å². The van der Waals surface area contributed by atoms with Crippen LogP contribution in [0.3, 0.4) is 0 Å². The van der Waals surface area contributed by atoms with Gasteiger partial charge in [-0.25, -0.2) is 0 Å². The first-order valence-electron chi connectivity index (χ1n) is 14.1. The minimum absolute atomic E-state index is 0.0988. The van der Waals surface area contributed by atoms with Crippen LogP contribution in [0.15, 0.2) is 72.3 Å². The Morgan fingerprint density at radius 3 is 2.20 bits per heavy atom. The summed E-state index contributed by atoms with van der Waals surface area (Å²) in [5, 5.41) is 11.5. The standard InChI is InChI=1S/C34H40N2O4/c1-7-35(8-2)28-15-11-25(12-16-28)31-30(32(37)26-13-17-29(18-14-26)40-21-22(3)4)33(38)34(39)36(31)20-27-19-23(5)9-10-24(27)6/h9-19,22,31,37H,7-8,20-21H2,1-6H3/b32-30-. The van der Waals surface area contributed by atoms with Gasteiger partial charge in [-0.05, 0) is 86.7 Å². The first-order chi connectivity index (χ1) is 19.1. The Labute approximate surface area is 237 Å². The molecule has 1 unspecified atom stereocenters. The fourth-order valence-corrected chi connectivity index (χ4v) is 5.13. The van der Waals surface area contributed by atoms with Crippen molar-refractivity contribution in [2.45, 2.75) is 54.1 Å². The van der Waals surface area contributed by atoms with Crippen molar-refractivity contribution in [2.24, 2.45) is 5.92 Å². The number of ether oxygens (including phenoxy) is 1. The number of aryl methyl sites for hydroxylation is 2. The van der Waals surface area contributed by atoms with E-state index in [0.717, 1.165) is 41.0 Å². The number of aliphatic hydroxyl groups excluding tert-OH is 1. The predicted molar refractivity (Wildman–Crippen MR) is 161 cm³/mol. The highest BCUT2D eigenvalue weighted by Crippen LogP contribution is 2.41. The molecule has 0 bridgehead atoms. The highest BCUT2D eigenvalue weighted by molar-refractivity contribution is 6.46. The van der Waals surface area contributed by atoms with E-state index in [-0.39, 0.29) is 17.9 Å². The second kappa shape index (κ2) is 12.4. The Balaban J connectivity index is 1.79. The molecule has 3 aromatic rings. The number of hydrogen-bond acceptors (Lipinski definition) is 5. The first-order valence-corrected chi connectivity index (χ1v) is 14.1. The molecule has 1 fully saturated rings. The van der Waals surface area contributed by atoms with Gasteiger partial charge in [-0.15, -0.1) is 0 Å². The van der Waals surface area contributed by atoms with Gasteiger partial charge >= 0.3 is 0 Å². The molecule has 0 spiro atoms. The number of amides is 1. The largest absolute Gasteiger partial charge is 0.507 e. The lowest BCUT2D eigenvalue weighted by atomic mass is 9.94. The summed E-state index contributed by atoms with van der Waals surface area (Å²) >= 11 is 0. The van der Waals surface area contributed by atoms with E-state index in [4.69, 9.17) is 4.74 Å². The van der Waals surface area contributed by atoms with Gasteiger partial charge in [-0.3, -0.25) is 9.59 Å². The quantitative estimate of drug-likeness (QED) is 0.174. The van der Waals surface area contributed by atoms with Crippen LogP contribution in [0, 0.1) is 19.8 Å². The number of hydrogen-bond donors (Lipinski definition) is 1. The molecular formula is C34H40N2O4. The Morgan fingerprint density at radius 2 is 1.60 bits per heavy atom. The zero-order chi connectivity index (χ0) is 29.0. The van der Waals surface area contributed by atoms with E-state index in [9.17, 15) is 14.7 Å². The Bertz CT molecular complexity index is 1390. The van der Waals surface area contributed by atoms with Crippen LogP contribution in [-0.2, 0) is 16.1 Å². The summed E-state index contributed by atoms with van der Waals surface area (Å²) in [4.78, 5) is 30.9. The van der Waals surface area contributed by atoms with Gasteiger partial charge < -0.3 is 19.6 Å². The highest BCUT2D eigenvalue weighted by atomic mass is 16.5. The van der Waals surface area contributed by atoms with Crippen LogP contribution in [0.2, 0.25) is 0 Å². The topological polar surface area (TPSA) is 70.1 Å². The Hall–Kier alpha value is -4.06. The van der Waals surface area contributed by atoms with Crippen molar-refractivity contribution in [3.05, 3.63) is 100 Å². The van der Waals surface area contributed by atoms with Gasteiger partial charge in [0.2, 0.25) is 0 Å². The van der Waals surface area contributed by atoms with Crippen LogP contribution in [0.25, 0.3) is 5.76 Å². The van der Waals surface area contributed by atoms with Crippen molar-refractivity contribution in [3.8, 4) is 5.75 Å². The van der Waals surface area contributed by atoms with Crippen LogP contribution in [0.5, 0.6) is 5.75 Å². The number of likely N-dealkylation sites (tertiary alicyclic amines) is 1. The second-order valence-corrected chi connectivity index (χ2v) is 10.8. The molecule has 1 heterocycles. The fraction of sp³-hybridized carbons (Fsp3) is 0.353. The van der Waals surface area contributed by atoms with Crippen molar-refractivity contribution >= 4 is 23.1 Å². The molecule has 1 saturated heterocycles. The fourth-order valence-electron chi connectivity index (χ4n) is 5.13. The van der Waals surface area contributed by atoms with Crippen LogP contribution in [0.1, 0.15) is 61.6 Å². The summed E-state index contributed by atoms with van der Waals surface area (Å²) in [7, 11) is 0. The van der Waals surface area contributed by atoms with E-state index in [1.807, 2.05) is 56.3 Å². The third kappa shape index (κ3) is 6.06. The van der Waals surface area contributed by atoms with Crippen molar-refractivity contribution in [3.63, 3.8) is 0 Å². The van der Waals surface area contributed by atoms with Gasteiger partial charge in [-0.2, -0.15) is 0 Å². The second-order valence-electron chi connectivity index (χ2n) is 10.8. The summed E-state index contributed by atoms with van der Waals surface area (Å²) in [6.45, 7) is 15.0. The van der Waals surface area contributed by atoms with Crippen LogP contribution >= 0.6 is 0 Å². The predicted octanol–water partition coefficient (Wildman–Crippen LogP) is 6.81. The molecule has 4 rings (SSSR count). The number of nitrogens with zero attached hydrogens (tertiary/aromatic N) is 2. The number of carbonyl (C=O) groups is 2. The average molecular weight is 541 g/mol. The Kier molecular flexibility index (Phi) is 8.98. The maximum Gasteiger partial charge on any atom is 0.295 e. The molecule has 0 radical (unpaired) electrons. The van der Waals surface area contributed by atoms with Crippen molar-refractivity contribution in [2.75, 3.05) is 24.6 Å². The van der Waals surface area contributed by atoms with E-state index in [0.29, 0.717) is 23.8 Å². The summed E-state index contributed by atoms with van der Waals surface area (Å²) in [5.41, 5.74) is 5.50. The normalized spacial score (nSPS) is 16.6. The first kappa shape index (κ1) is 28.9. The maximum atomic E-state index is 13.5. The summed E-state index contributed by atoms with van der Waals surface area (Å²) in [5.74, 6) is -0.411. The lowest BCUT2D eigenvalue weighted by molar-refractivity contribution is -0.140. The molecule has 0 saturated carbocycles. The van der Waals surface area contributed by atoms with E-state index in [2.05, 4.69) is 32.6 Å². The monoisotopic (exact) mass is 540 g/mol. The zero-order valence-electron chi connectivity index (χ0n) is 24.4. The number of ketones is 1. The third-order valence-corrected chi connectivity index (χ3v) is 7.43. The summed E-state index contributed by atoms with van der Waals surface area (Å²) < 4.78 is 5.78. The van der Waals surface area contributed by atoms with Gasteiger partial charge in [0.05, 0.1) is 18.2 Å². The Morgan fingerprint density at radius 1 is 0.950 bits per heavy atom. The molecule has 6 nitrogen and oxygen atoms in total. The molecule has 40 heavy (non-hydrogen) atoms. The lowest BCUT2D eigenvalue weighted by Crippen LogP contribution is -2.29. The minimum Gasteiger partial charge on any atom is -0.507 e. The molecule has 1 N–H and O–H groups in total. The van der Waals surface area contributed by atoms with E-state index in [1.54, 1.807) is 29.2 Å². The number of Topliss-reactive ketones (excluding diaryl/α,β-unsaturated/α-hetero) is 1. The maximum absolute atomic E-state index is 13.5. The molecular weight excluding hydrogens is 500 g/mol. The highest BCUT2D eigenvalue weighted by Gasteiger charge is 2.46. The van der Waals surface area contributed by atoms with E-state index in [1.165, 1.54) is 0 Å². The number of benzene rings is 3. The molecule has 1 aliphatic rings.